The van der Waals surface area contributed by atoms with Crippen LogP contribution >= 0.6 is 0 Å². The van der Waals surface area contributed by atoms with Crippen molar-refractivity contribution < 1.29 is 14.3 Å². The Hall–Kier alpha value is -2.59. The third kappa shape index (κ3) is 4.22. The average molecular weight is 365 g/mol. The standard InChI is InChI=1S/C23H27NO3/c1-4-24(5-2)14-8-11-20-19-10-7-6-9-18(19)16-27-22-13-12-17(15-21(20)22)23(25)26-3/h6-7,9-13,15H,4-5,8,14,16H2,1-3H3/b20-11-. The van der Waals surface area contributed by atoms with E-state index in [1.54, 1.807) is 6.07 Å². The van der Waals surface area contributed by atoms with Gasteiger partial charge in [0, 0.05) is 12.1 Å². The molecule has 0 spiro atoms. The second-order valence-corrected chi connectivity index (χ2v) is 6.58. The smallest absolute Gasteiger partial charge is 0.337 e. The molecular formula is C23H27NO3. The minimum absolute atomic E-state index is 0.335. The number of methoxy groups -OCH3 is 1. The number of hydrogen-bond acceptors (Lipinski definition) is 4. The molecule has 0 saturated carbocycles. The fourth-order valence-electron chi connectivity index (χ4n) is 3.47. The summed E-state index contributed by atoms with van der Waals surface area (Å²) in [4.78, 5) is 14.4. The number of nitrogens with zero attached hydrogens (tertiary/aromatic N) is 1. The van der Waals surface area contributed by atoms with Gasteiger partial charge in [-0.3, -0.25) is 0 Å². The number of carbonyl (C=O) groups is 1. The number of hydrogen-bond donors (Lipinski definition) is 0. The van der Waals surface area contributed by atoms with E-state index in [4.69, 9.17) is 9.47 Å². The molecule has 27 heavy (non-hydrogen) atoms. The minimum atomic E-state index is -0.335. The topological polar surface area (TPSA) is 38.8 Å². The van der Waals surface area contributed by atoms with Crippen LogP contribution in [0.4, 0.5) is 0 Å². The van der Waals surface area contributed by atoms with Gasteiger partial charge in [-0.15, -0.1) is 0 Å². The molecule has 0 unspecified atom stereocenters. The van der Waals surface area contributed by atoms with E-state index in [1.165, 1.54) is 7.11 Å². The van der Waals surface area contributed by atoms with Crippen molar-refractivity contribution in [2.45, 2.75) is 26.9 Å². The van der Waals surface area contributed by atoms with Gasteiger partial charge < -0.3 is 14.4 Å². The second-order valence-electron chi connectivity index (χ2n) is 6.58. The summed E-state index contributed by atoms with van der Waals surface area (Å²) in [7, 11) is 1.40. The zero-order valence-electron chi connectivity index (χ0n) is 16.3. The van der Waals surface area contributed by atoms with E-state index in [9.17, 15) is 4.79 Å². The maximum Gasteiger partial charge on any atom is 0.337 e. The molecule has 4 nitrogen and oxygen atoms in total. The largest absolute Gasteiger partial charge is 0.488 e. The summed E-state index contributed by atoms with van der Waals surface area (Å²) in [6, 6.07) is 13.8. The van der Waals surface area contributed by atoms with Gasteiger partial charge in [0.25, 0.3) is 0 Å². The molecule has 1 heterocycles. The van der Waals surface area contributed by atoms with E-state index in [0.29, 0.717) is 12.2 Å². The van der Waals surface area contributed by atoms with Crippen molar-refractivity contribution in [3.63, 3.8) is 0 Å². The number of rotatable bonds is 6. The van der Waals surface area contributed by atoms with Crippen molar-refractivity contribution in [3.8, 4) is 5.75 Å². The molecule has 0 aromatic heterocycles. The molecule has 0 radical (unpaired) electrons. The van der Waals surface area contributed by atoms with Gasteiger partial charge >= 0.3 is 5.97 Å². The highest BCUT2D eigenvalue weighted by atomic mass is 16.5. The number of carbonyl (C=O) groups excluding carboxylic acids is 1. The van der Waals surface area contributed by atoms with Gasteiger partial charge in [0.2, 0.25) is 0 Å². The predicted octanol–water partition coefficient (Wildman–Crippen LogP) is 4.53. The van der Waals surface area contributed by atoms with Crippen LogP contribution in [0.2, 0.25) is 0 Å². The molecule has 3 rings (SSSR count). The van der Waals surface area contributed by atoms with Gasteiger partial charge in [-0.1, -0.05) is 44.2 Å². The van der Waals surface area contributed by atoms with Crippen LogP contribution in [0.3, 0.4) is 0 Å². The average Bonchev–Trinajstić information content (AvgIpc) is 2.87. The van der Waals surface area contributed by atoms with Crippen LogP contribution in [0.5, 0.6) is 5.75 Å². The first-order valence-corrected chi connectivity index (χ1v) is 9.54. The van der Waals surface area contributed by atoms with Gasteiger partial charge in [-0.25, -0.2) is 4.79 Å². The third-order valence-corrected chi connectivity index (χ3v) is 5.07. The van der Waals surface area contributed by atoms with Crippen molar-refractivity contribution in [3.05, 3.63) is 70.8 Å². The minimum Gasteiger partial charge on any atom is -0.488 e. The Bertz CT molecular complexity index is 837. The summed E-state index contributed by atoms with van der Waals surface area (Å²) in [5.74, 6) is 0.464. The summed E-state index contributed by atoms with van der Waals surface area (Å²) in [6.07, 6.45) is 3.21. The second kappa shape index (κ2) is 8.87. The van der Waals surface area contributed by atoms with Gasteiger partial charge in [0.05, 0.1) is 12.7 Å². The molecule has 2 aromatic carbocycles. The molecule has 0 fully saturated rings. The first-order valence-electron chi connectivity index (χ1n) is 9.54. The van der Waals surface area contributed by atoms with Gasteiger partial charge in [-0.05, 0) is 54.4 Å². The van der Waals surface area contributed by atoms with Gasteiger partial charge in [0.1, 0.15) is 12.4 Å². The molecule has 2 aromatic rings. The normalized spacial score (nSPS) is 14.3. The lowest BCUT2D eigenvalue weighted by Crippen LogP contribution is -2.23. The fourth-order valence-corrected chi connectivity index (χ4v) is 3.47. The summed E-state index contributed by atoms with van der Waals surface area (Å²) in [5.41, 5.74) is 4.92. The summed E-state index contributed by atoms with van der Waals surface area (Å²) in [6.45, 7) is 7.98. The summed E-state index contributed by atoms with van der Waals surface area (Å²) >= 11 is 0. The Kier molecular flexibility index (Phi) is 6.30. The van der Waals surface area contributed by atoms with E-state index < -0.39 is 0 Å². The van der Waals surface area contributed by atoms with Crippen molar-refractivity contribution in [1.82, 2.24) is 4.90 Å². The number of fused-ring (bicyclic) bond motifs is 2. The zero-order chi connectivity index (χ0) is 19.2. The Labute approximate surface area is 161 Å². The maximum absolute atomic E-state index is 12.0. The monoisotopic (exact) mass is 365 g/mol. The molecule has 4 heteroatoms. The molecule has 1 aliphatic heterocycles. The molecule has 0 aliphatic carbocycles. The maximum atomic E-state index is 12.0. The lowest BCUT2D eigenvalue weighted by atomic mass is 9.92. The van der Waals surface area contributed by atoms with Gasteiger partial charge in [0.15, 0.2) is 0 Å². The van der Waals surface area contributed by atoms with Crippen LogP contribution < -0.4 is 4.74 Å². The van der Waals surface area contributed by atoms with E-state index in [2.05, 4.69) is 37.0 Å². The first kappa shape index (κ1) is 19.2. The third-order valence-electron chi connectivity index (χ3n) is 5.07. The zero-order valence-corrected chi connectivity index (χ0v) is 16.3. The van der Waals surface area contributed by atoms with E-state index in [0.717, 1.165) is 54.1 Å². The van der Waals surface area contributed by atoms with E-state index in [-0.39, 0.29) is 5.97 Å². The fraction of sp³-hybridized carbons (Fsp3) is 0.348. The first-order chi connectivity index (χ1) is 13.2. The predicted molar refractivity (Wildman–Crippen MR) is 108 cm³/mol. The van der Waals surface area contributed by atoms with Crippen molar-refractivity contribution in [2.75, 3.05) is 26.7 Å². The highest BCUT2D eigenvalue weighted by molar-refractivity contribution is 5.93. The van der Waals surface area contributed by atoms with Crippen molar-refractivity contribution >= 4 is 11.5 Å². The molecule has 0 amide bonds. The van der Waals surface area contributed by atoms with E-state index >= 15 is 0 Å². The summed E-state index contributed by atoms with van der Waals surface area (Å²) in [5, 5.41) is 0. The molecule has 0 saturated heterocycles. The Morgan fingerprint density at radius 1 is 1.15 bits per heavy atom. The van der Waals surface area contributed by atoms with Crippen molar-refractivity contribution in [1.29, 1.82) is 0 Å². The lowest BCUT2D eigenvalue weighted by Gasteiger charge is -2.17. The van der Waals surface area contributed by atoms with Crippen LogP contribution in [0, 0.1) is 0 Å². The molecule has 0 atom stereocenters. The Morgan fingerprint density at radius 2 is 1.93 bits per heavy atom. The lowest BCUT2D eigenvalue weighted by molar-refractivity contribution is 0.0600. The highest BCUT2D eigenvalue weighted by Crippen LogP contribution is 2.37. The van der Waals surface area contributed by atoms with Crippen LogP contribution in [0.25, 0.3) is 5.57 Å². The van der Waals surface area contributed by atoms with Crippen LogP contribution in [0.15, 0.2) is 48.5 Å². The Balaban J connectivity index is 2.04. The highest BCUT2D eigenvalue weighted by Gasteiger charge is 2.20. The van der Waals surface area contributed by atoms with Crippen molar-refractivity contribution in [2.24, 2.45) is 0 Å². The summed E-state index contributed by atoms with van der Waals surface area (Å²) < 4.78 is 10.9. The van der Waals surface area contributed by atoms with E-state index in [1.807, 2.05) is 24.3 Å². The SMILES string of the molecule is CCN(CC)CC/C=C1/c2ccccc2COc2ccc(C(=O)OC)cc21. The van der Waals surface area contributed by atoms with Crippen LogP contribution in [-0.2, 0) is 11.3 Å². The molecule has 0 N–H and O–H groups in total. The van der Waals surface area contributed by atoms with Crippen LogP contribution in [-0.4, -0.2) is 37.6 Å². The quantitative estimate of drug-likeness (QED) is 0.705. The number of ether oxygens (including phenoxy) is 2. The Morgan fingerprint density at radius 3 is 2.67 bits per heavy atom. The molecule has 1 aliphatic rings. The number of esters is 1. The number of benzene rings is 2. The molecule has 0 bridgehead atoms. The van der Waals surface area contributed by atoms with Crippen LogP contribution in [0.1, 0.15) is 47.3 Å². The van der Waals surface area contributed by atoms with Gasteiger partial charge in [-0.2, -0.15) is 0 Å². The molecule has 142 valence electrons. The molecular weight excluding hydrogens is 338 g/mol.